The lowest BCUT2D eigenvalue weighted by molar-refractivity contribution is -0.201. The number of hydrogen-bond acceptors (Lipinski definition) is 13. The van der Waals surface area contributed by atoms with Crippen LogP contribution < -0.4 is 11.1 Å². The van der Waals surface area contributed by atoms with Gasteiger partial charge in [0.1, 0.15) is 17.1 Å². The third kappa shape index (κ3) is 7.27. The molecular weight excluding hydrogens is 631 g/mol. The highest BCUT2D eigenvalue weighted by molar-refractivity contribution is 8.01. The molecule has 2 atom stereocenters. The van der Waals surface area contributed by atoms with Crippen molar-refractivity contribution in [3.05, 3.63) is 46.7 Å². The van der Waals surface area contributed by atoms with Crippen LogP contribution >= 0.6 is 23.5 Å². The second-order valence-electron chi connectivity index (χ2n) is 8.74. The molecule has 0 spiro atoms. The van der Waals surface area contributed by atoms with Gasteiger partial charge in [0, 0.05) is 18.1 Å². The van der Waals surface area contributed by atoms with Crippen molar-refractivity contribution >= 4 is 57.4 Å². The van der Waals surface area contributed by atoms with Gasteiger partial charge in [-0.25, -0.2) is 14.3 Å². The molecule has 2 amide bonds. The second-order valence-corrected chi connectivity index (χ2v) is 12.2. The van der Waals surface area contributed by atoms with Crippen molar-refractivity contribution in [3.63, 3.8) is 0 Å². The molecule has 3 heterocycles. The van der Waals surface area contributed by atoms with Gasteiger partial charge in [-0.15, -0.1) is 16.9 Å². The van der Waals surface area contributed by atoms with E-state index >= 15 is 0 Å². The van der Waals surface area contributed by atoms with E-state index in [9.17, 15) is 40.8 Å². The zero-order chi connectivity index (χ0) is 30.8. The summed E-state index contributed by atoms with van der Waals surface area (Å²) in [5.74, 6) is -7.22. The molecule has 4 rings (SSSR count). The highest BCUT2D eigenvalue weighted by atomic mass is 32.2. The van der Waals surface area contributed by atoms with E-state index in [2.05, 4.69) is 25.6 Å². The lowest BCUT2D eigenvalue weighted by atomic mass is 10.0. The van der Waals surface area contributed by atoms with Gasteiger partial charge in [0.25, 0.3) is 16.0 Å². The zero-order valence-corrected chi connectivity index (χ0v) is 23.4. The molecule has 2 aliphatic rings. The highest BCUT2D eigenvalue weighted by Gasteiger charge is 2.55. The number of ether oxygens (including phenoxy) is 1. The smallest absolute Gasteiger partial charge is 0.382 e. The van der Waals surface area contributed by atoms with Gasteiger partial charge in [0.05, 0.1) is 6.42 Å². The first-order chi connectivity index (χ1) is 19.7. The Bertz CT molecular complexity index is 1560. The zero-order valence-electron chi connectivity index (χ0n) is 21.0. The molecule has 2 aliphatic heterocycles. The molecule has 21 heteroatoms. The first-order valence-electron chi connectivity index (χ1n) is 11.6. The number of carbonyl (C=O) groups is 4. The van der Waals surface area contributed by atoms with Gasteiger partial charge >= 0.3 is 18.1 Å². The summed E-state index contributed by atoms with van der Waals surface area (Å²) in [6.45, 7) is 0.252. The van der Waals surface area contributed by atoms with E-state index in [0.717, 1.165) is 34.0 Å². The third-order valence-electron chi connectivity index (χ3n) is 5.73. The Morgan fingerprint density at radius 2 is 1.98 bits per heavy atom. The molecule has 0 bridgehead atoms. The van der Waals surface area contributed by atoms with Crippen molar-refractivity contribution in [1.82, 2.24) is 30.4 Å². The summed E-state index contributed by atoms with van der Waals surface area (Å²) >= 11 is 1.82. The number of rotatable bonds is 10. The number of fused-ring (bicyclic) bond motifs is 1. The van der Waals surface area contributed by atoms with Gasteiger partial charge in [-0.05, 0) is 27.1 Å². The Morgan fingerprint density at radius 1 is 1.26 bits per heavy atom. The van der Waals surface area contributed by atoms with Gasteiger partial charge in [-0.1, -0.05) is 36.0 Å². The van der Waals surface area contributed by atoms with Gasteiger partial charge < -0.3 is 15.8 Å². The quantitative estimate of drug-likeness (QED) is 0.0980. The summed E-state index contributed by atoms with van der Waals surface area (Å²) in [5.41, 5.74) is 6.43. The van der Waals surface area contributed by atoms with E-state index in [4.69, 9.17) is 10.3 Å². The molecule has 226 valence electrons. The number of tetrazole rings is 1. The molecule has 1 aromatic carbocycles. The molecule has 1 saturated heterocycles. The van der Waals surface area contributed by atoms with Crippen molar-refractivity contribution in [2.75, 3.05) is 11.5 Å². The third-order valence-corrected chi connectivity index (χ3v) is 8.68. The minimum absolute atomic E-state index is 0.0411. The number of β-lactam (4-membered cyclic amide) rings is 1. The van der Waals surface area contributed by atoms with Crippen LogP contribution in [-0.4, -0.2) is 90.9 Å². The topological polar surface area (TPSA) is 217 Å². The maximum absolute atomic E-state index is 13.1. The molecule has 0 saturated carbocycles. The first kappa shape index (κ1) is 31.4. The molecule has 1 fully saturated rings. The number of nitrogens with two attached hydrogens (primary N) is 1. The largest absolute Gasteiger partial charge is 0.491 e. The van der Waals surface area contributed by atoms with Crippen LogP contribution in [0.4, 0.5) is 13.2 Å². The SMILES string of the molecule is NCc1cccc(CC(=O)NC2C(=O)N3C(C(=O)OC(=O)C(F)(F)F)=C(CSc4nnnn4CS(=O)(=O)O)CSC23)c1. The molecule has 2 unspecified atom stereocenters. The number of esters is 2. The molecule has 0 radical (unpaired) electrons. The van der Waals surface area contributed by atoms with Gasteiger partial charge in [0.15, 0.2) is 5.88 Å². The van der Waals surface area contributed by atoms with Crippen LogP contribution in [0.3, 0.4) is 0 Å². The molecule has 42 heavy (non-hydrogen) atoms. The Balaban J connectivity index is 1.53. The predicted octanol–water partition coefficient (Wildman–Crippen LogP) is -0.402. The minimum Gasteiger partial charge on any atom is -0.382 e. The van der Waals surface area contributed by atoms with Crippen LogP contribution in [0.1, 0.15) is 11.1 Å². The van der Waals surface area contributed by atoms with E-state index in [-0.39, 0.29) is 35.2 Å². The molecular formula is C21H20F3N7O8S3. The van der Waals surface area contributed by atoms with Crippen LogP contribution in [0.25, 0.3) is 0 Å². The second kappa shape index (κ2) is 12.4. The molecule has 1 aromatic heterocycles. The van der Waals surface area contributed by atoms with Crippen LogP contribution in [0.5, 0.6) is 0 Å². The Labute approximate surface area is 243 Å². The number of alkyl halides is 3. The van der Waals surface area contributed by atoms with Gasteiger partial charge in [-0.2, -0.15) is 21.6 Å². The number of nitrogens with one attached hydrogen (secondary N) is 1. The van der Waals surface area contributed by atoms with E-state index in [1.165, 1.54) is 0 Å². The number of halogens is 3. The maximum atomic E-state index is 13.1. The number of aromatic nitrogens is 4. The maximum Gasteiger partial charge on any atom is 0.491 e. The Kier molecular flexibility index (Phi) is 9.25. The number of thioether (sulfide) groups is 2. The van der Waals surface area contributed by atoms with Crippen LogP contribution in [-0.2, 0) is 52.9 Å². The molecule has 4 N–H and O–H groups in total. The fourth-order valence-electron chi connectivity index (χ4n) is 3.94. The first-order valence-corrected chi connectivity index (χ1v) is 15.2. The molecule has 15 nitrogen and oxygen atoms in total. The normalized spacial score (nSPS) is 18.8. The van der Waals surface area contributed by atoms with E-state index < -0.39 is 63.0 Å². The van der Waals surface area contributed by atoms with Crippen LogP contribution in [0.15, 0.2) is 40.7 Å². The number of nitrogens with zero attached hydrogens (tertiary/aromatic N) is 5. The summed E-state index contributed by atoms with van der Waals surface area (Å²) < 4.78 is 74.6. The fourth-order valence-corrected chi connectivity index (χ4v) is 6.86. The monoisotopic (exact) mass is 651 g/mol. The lowest BCUT2D eigenvalue weighted by Gasteiger charge is -2.49. The number of carbonyl (C=O) groups excluding carboxylic acids is 4. The average Bonchev–Trinajstić information content (AvgIpc) is 3.34. The number of amides is 2. The summed E-state index contributed by atoms with van der Waals surface area (Å²) in [6, 6.07) is 5.76. The summed E-state index contributed by atoms with van der Waals surface area (Å²) in [7, 11) is -4.54. The van der Waals surface area contributed by atoms with Gasteiger partial charge in [-0.3, -0.25) is 19.0 Å². The number of hydrogen-bond donors (Lipinski definition) is 3. The molecule has 2 aromatic rings. The van der Waals surface area contributed by atoms with Crippen LogP contribution in [0.2, 0.25) is 0 Å². The standard InChI is InChI=1S/C21H20F3N7O8S3/c22-21(23,24)19(35)39-18(34)15-12(8-41-20-27-28-29-30(20)9-42(36,37)38)7-40-17-14(16(33)31(15)17)26-13(32)5-10-2-1-3-11(4-10)6-25/h1-4,14,17H,5-9,25H2,(H,26,32)(H,36,37,38). The van der Waals surface area contributed by atoms with E-state index in [1.807, 2.05) is 0 Å². The summed E-state index contributed by atoms with van der Waals surface area (Å²) in [5, 5.41) is 11.8. The van der Waals surface area contributed by atoms with E-state index in [0.29, 0.717) is 10.2 Å². The summed E-state index contributed by atoms with van der Waals surface area (Å²) in [4.78, 5) is 50.7. The highest BCUT2D eigenvalue weighted by Crippen LogP contribution is 2.42. The van der Waals surface area contributed by atoms with Crippen molar-refractivity contribution in [3.8, 4) is 0 Å². The van der Waals surface area contributed by atoms with Gasteiger partial charge in [0.2, 0.25) is 11.1 Å². The Morgan fingerprint density at radius 3 is 2.64 bits per heavy atom. The molecule has 0 aliphatic carbocycles. The van der Waals surface area contributed by atoms with E-state index in [1.54, 1.807) is 24.3 Å². The number of benzene rings is 1. The minimum atomic E-state index is -5.50. The predicted molar refractivity (Wildman–Crippen MR) is 137 cm³/mol. The Hall–Kier alpha value is -3.53. The van der Waals surface area contributed by atoms with Crippen molar-refractivity contribution in [1.29, 1.82) is 0 Å². The van der Waals surface area contributed by atoms with Crippen LogP contribution in [0, 0.1) is 0 Å². The van der Waals surface area contributed by atoms with Crippen molar-refractivity contribution in [2.24, 2.45) is 5.73 Å². The lowest BCUT2D eigenvalue weighted by Crippen LogP contribution is -2.70. The van der Waals surface area contributed by atoms with Crippen molar-refractivity contribution < 1.29 is 50.1 Å². The average molecular weight is 652 g/mol. The fraction of sp³-hybridized carbons (Fsp3) is 0.381. The summed E-state index contributed by atoms with van der Waals surface area (Å²) in [6.07, 6.45) is -5.59. The van der Waals surface area contributed by atoms with Crippen molar-refractivity contribution in [2.45, 2.75) is 41.6 Å².